The first-order chi connectivity index (χ1) is 9.10. The number of nitrogens with one attached hydrogen (secondary N) is 1. The molecule has 19 heavy (non-hydrogen) atoms. The van der Waals surface area contributed by atoms with Gasteiger partial charge in [-0.1, -0.05) is 0 Å². The van der Waals surface area contributed by atoms with Crippen LogP contribution in [0.1, 0.15) is 41.9 Å². The molecule has 5 heteroatoms. The molecule has 1 aliphatic carbocycles. The van der Waals surface area contributed by atoms with Crippen molar-refractivity contribution >= 4 is 28.5 Å². The number of pyridine rings is 1. The van der Waals surface area contributed by atoms with E-state index in [9.17, 15) is 4.79 Å². The van der Waals surface area contributed by atoms with Crippen LogP contribution in [-0.2, 0) is 0 Å². The van der Waals surface area contributed by atoms with E-state index in [2.05, 4.69) is 39.0 Å². The van der Waals surface area contributed by atoms with Gasteiger partial charge in [-0.15, -0.1) is 0 Å². The van der Waals surface area contributed by atoms with E-state index in [1.807, 2.05) is 13.0 Å². The lowest BCUT2D eigenvalue weighted by Gasteiger charge is -2.25. The van der Waals surface area contributed by atoms with Gasteiger partial charge in [0, 0.05) is 15.5 Å². The SMILES string of the molecule is Cc1nc(C(=O)NC2CCC(C#N)CC2)ccc1I. The van der Waals surface area contributed by atoms with Crippen molar-refractivity contribution in [2.24, 2.45) is 5.92 Å². The highest BCUT2D eigenvalue weighted by atomic mass is 127. The number of carbonyl (C=O) groups is 1. The number of hydrogen-bond donors (Lipinski definition) is 1. The summed E-state index contributed by atoms with van der Waals surface area (Å²) in [6.07, 6.45) is 3.52. The van der Waals surface area contributed by atoms with Gasteiger partial charge in [0.05, 0.1) is 11.8 Å². The molecule has 1 aromatic rings. The highest BCUT2D eigenvalue weighted by Gasteiger charge is 2.22. The molecule has 1 heterocycles. The van der Waals surface area contributed by atoms with Gasteiger partial charge in [0.15, 0.2) is 0 Å². The zero-order chi connectivity index (χ0) is 13.8. The smallest absolute Gasteiger partial charge is 0.270 e. The first-order valence-electron chi connectivity index (χ1n) is 6.43. The van der Waals surface area contributed by atoms with Crippen LogP contribution in [0, 0.1) is 27.7 Å². The molecule has 4 nitrogen and oxygen atoms in total. The lowest BCUT2D eigenvalue weighted by molar-refractivity contribution is 0.0919. The molecule has 0 saturated heterocycles. The molecular formula is C14H16IN3O. The summed E-state index contributed by atoms with van der Waals surface area (Å²) in [5.74, 6) is 0.0479. The minimum Gasteiger partial charge on any atom is -0.348 e. The second kappa shape index (κ2) is 6.33. The normalized spacial score (nSPS) is 22.6. The van der Waals surface area contributed by atoms with E-state index in [0.29, 0.717) is 5.69 Å². The maximum atomic E-state index is 12.1. The summed E-state index contributed by atoms with van der Waals surface area (Å²) in [5.41, 5.74) is 1.35. The summed E-state index contributed by atoms with van der Waals surface area (Å²) in [5, 5.41) is 11.9. The van der Waals surface area contributed by atoms with E-state index in [-0.39, 0.29) is 17.9 Å². The summed E-state index contributed by atoms with van der Waals surface area (Å²) in [4.78, 5) is 16.4. The Bertz CT molecular complexity index is 516. The molecule has 1 N–H and O–H groups in total. The summed E-state index contributed by atoms with van der Waals surface area (Å²) in [6, 6.07) is 6.14. The molecule has 1 fully saturated rings. The molecule has 0 aliphatic heterocycles. The van der Waals surface area contributed by atoms with E-state index in [1.165, 1.54) is 0 Å². The highest BCUT2D eigenvalue weighted by Crippen LogP contribution is 2.23. The average molecular weight is 369 g/mol. The van der Waals surface area contributed by atoms with Gasteiger partial charge < -0.3 is 5.32 Å². The van der Waals surface area contributed by atoms with Crippen molar-refractivity contribution < 1.29 is 4.79 Å². The number of amides is 1. The van der Waals surface area contributed by atoms with Gasteiger partial charge in [0.1, 0.15) is 5.69 Å². The Hall–Kier alpha value is -1.16. The number of nitrogens with zero attached hydrogens (tertiary/aromatic N) is 2. The largest absolute Gasteiger partial charge is 0.348 e. The first-order valence-corrected chi connectivity index (χ1v) is 7.51. The molecule has 1 amide bonds. The van der Waals surface area contributed by atoms with Crippen molar-refractivity contribution in [2.45, 2.75) is 38.6 Å². The van der Waals surface area contributed by atoms with Crippen molar-refractivity contribution in [3.05, 3.63) is 27.1 Å². The second-order valence-electron chi connectivity index (χ2n) is 4.91. The van der Waals surface area contributed by atoms with Crippen LogP contribution in [-0.4, -0.2) is 16.9 Å². The molecule has 0 aromatic carbocycles. The summed E-state index contributed by atoms with van der Waals surface area (Å²) < 4.78 is 1.06. The van der Waals surface area contributed by atoms with Crippen LogP contribution in [0.15, 0.2) is 12.1 Å². The number of halogens is 1. The van der Waals surface area contributed by atoms with E-state index in [4.69, 9.17) is 5.26 Å². The standard InChI is InChI=1S/C14H16IN3O/c1-9-12(15)6-7-13(17-9)14(19)18-11-4-2-10(8-16)3-5-11/h6-7,10-11H,2-5H2,1H3,(H,18,19). The zero-order valence-corrected chi connectivity index (χ0v) is 13.0. The Kier molecular flexibility index (Phi) is 4.75. The molecule has 1 saturated carbocycles. The van der Waals surface area contributed by atoms with Crippen LogP contribution in [0.25, 0.3) is 0 Å². The predicted molar refractivity (Wildman–Crippen MR) is 80.5 cm³/mol. The van der Waals surface area contributed by atoms with Gasteiger partial charge in [0.25, 0.3) is 5.91 Å². The van der Waals surface area contributed by atoms with Crippen molar-refractivity contribution in [3.8, 4) is 6.07 Å². The molecule has 0 spiro atoms. The van der Waals surface area contributed by atoms with Crippen molar-refractivity contribution in [1.29, 1.82) is 5.26 Å². The van der Waals surface area contributed by atoms with Crippen LogP contribution >= 0.6 is 22.6 Å². The van der Waals surface area contributed by atoms with Crippen LogP contribution in [0.2, 0.25) is 0 Å². The van der Waals surface area contributed by atoms with Crippen LogP contribution in [0.3, 0.4) is 0 Å². The number of carbonyl (C=O) groups excluding carboxylic acids is 1. The van der Waals surface area contributed by atoms with Crippen molar-refractivity contribution in [1.82, 2.24) is 10.3 Å². The third kappa shape index (κ3) is 3.66. The Morgan fingerprint density at radius 3 is 2.68 bits per heavy atom. The van der Waals surface area contributed by atoms with Gasteiger partial charge >= 0.3 is 0 Å². The van der Waals surface area contributed by atoms with Crippen LogP contribution in [0.4, 0.5) is 0 Å². The fraction of sp³-hybridized carbons (Fsp3) is 0.500. The van der Waals surface area contributed by atoms with E-state index in [1.54, 1.807) is 6.07 Å². The Labute approximate surface area is 126 Å². The average Bonchev–Trinajstić information content (AvgIpc) is 2.42. The van der Waals surface area contributed by atoms with Gasteiger partial charge in [0.2, 0.25) is 0 Å². The first kappa shape index (κ1) is 14.3. The molecular weight excluding hydrogens is 353 g/mol. The molecule has 1 aromatic heterocycles. The molecule has 100 valence electrons. The highest BCUT2D eigenvalue weighted by molar-refractivity contribution is 14.1. The summed E-state index contributed by atoms with van der Waals surface area (Å²) in [7, 11) is 0. The topological polar surface area (TPSA) is 65.8 Å². The zero-order valence-electron chi connectivity index (χ0n) is 10.8. The molecule has 0 radical (unpaired) electrons. The fourth-order valence-electron chi connectivity index (χ4n) is 2.30. The maximum absolute atomic E-state index is 12.1. The Balaban J connectivity index is 1.94. The minimum absolute atomic E-state index is 0.111. The molecule has 0 bridgehead atoms. The summed E-state index contributed by atoms with van der Waals surface area (Å²) >= 11 is 2.20. The van der Waals surface area contributed by atoms with Gasteiger partial charge in [-0.2, -0.15) is 5.26 Å². The lowest BCUT2D eigenvalue weighted by atomic mass is 9.87. The van der Waals surface area contributed by atoms with Crippen LogP contribution < -0.4 is 5.32 Å². The van der Waals surface area contributed by atoms with E-state index >= 15 is 0 Å². The molecule has 2 rings (SSSR count). The number of aryl methyl sites for hydroxylation is 1. The van der Waals surface area contributed by atoms with Crippen LogP contribution in [0.5, 0.6) is 0 Å². The minimum atomic E-state index is -0.111. The Morgan fingerprint density at radius 1 is 1.42 bits per heavy atom. The molecule has 0 atom stereocenters. The Morgan fingerprint density at radius 2 is 2.11 bits per heavy atom. The van der Waals surface area contributed by atoms with Crippen molar-refractivity contribution in [2.75, 3.05) is 0 Å². The van der Waals surface area contributed by atoms with Gasteiger partial charge in [-0.25, -0.2) is 4.98 Å². The number of hydrogen-bond acceptors (Lipinski definition) is 3. The van der Waals surface area contributed by atoms with Crippen molar-refractivity contribution in [3.63, 3.8) is 0 Å². The van der Waals surface area contributed by atoms with Gasteiger partial charge in [-0.05, 0) is 67.3 Å². The van der Waals surface area contributed by atoms with E-state index < -0.39 is 0 Å². The van der Waals surface area contributed by atoms with Gasteiger partial charge in [-0.3, -0.25) is 4.79 Å². The molecule has 1 aliphatic rings. The third-order valence-corrected chi connectivity index (χ3v) is 4.64. The number of nitriles is 1. The quantitative estimate of drug-likeness (QED) is 0.816. The second-order valence-corrected chi connectivity index (χ2v) is 6.08. The fourth-order valence-corrected chi connectivity index (χ4v) is 2.60. The lowest BCUT2D eigenvalue weighted by Crippen LogP contribution is -2.37. The number of aromatic nitrogens is 1. The van der Waals surface area contributed by atoms with E-state index in [0.717, 1.165) is 34.9 Å². The maximum Gasteiger partial charge on any atom is 0.270 e. The predicted octanol–water partition coefficient (Wildman–Crippen LogP) is 2.81. The number of rotatable bonds is 2. The monoisotopic (exact) mass is 369 g/mol. The molecule has 0 unspecified atom stereocenters. The summed E-state index contributed by atoms with van der Waals surface area (Å²) in [6.45, 7) is 1.90. The third-order valence-electron chi connectivity index (χ3n) is 3.50.